The lowest BCUT2D eigenvalue weighted by Gasteiger charge is -2.05. The Morgan fingerprint density at radius 2 is 1.57 bits per heavy atom. The van der Waals surface area contributed by atoms with Crippen LogP contribution in [-0.2, 0) is 0 Å². The summed E-state index contributed by atoms with van der Waals surface area (Å²) in [5.41, 5.74) is 3.54. The van der Waals surface area contributed by atoms with Gasteiger partial charge in [0.1, 0.15) is 11.5 Å². The second kappa shape index (κ2) is 5.83. The molecule has 0 fully saturated rings. The Labute approximate surface area is 124 Å². The normalized spacial score (nSPS) is 11.0. The van der Waals surface area contributed by atoms with E-state index in [-0.39, 0.29) is 17.3 Å². The van der Waals surface area contributed by atoms with Gasteiger partial charge in [-0.05, 0) is 73.4 Å². The van der Waals surface area contributed by atoms with Crippen LogP contribution in [0.3, 0.4) is 0 Å². The van der Waals surface area contributed by atoms with Crippen LogP contribution in [0.25, 0.3) is 6.08 Å². The number of allylic oxidation sites excluding steroid dienone is 1. The van der Waals surface area contributed by atoms with Gasteiger partial charge >= 0.3 is 0 Å². The van der Waals surface area contributed by atoms with Gasteiger partial charge in [0.2, 0.25) is 0 Å². The van der Waals surface area contributed by atoms with E-state index < -0.39 is 0 Å². The Hall–Kier alpha value is -2.55. The van der Waals surface area contributed by atoms with Crippen molar-refractivity contribution >= 4 is 11.9 Å². The molecule has 0 unspecified atom stereocenters. The SMILES string of the molecule is Cc1cc(C=CC(=O)c2cc(C)c(O)c(C)c2)ccc1O. The highest BCUT2D eigenvalue weighted by Crippen LogP contribution is 2.23. The van der Waals surface area contributed by atoms with Crippen molar-refractivity contribution in [1.29, 1.82) is 0 Å². The largest absolute Gasteiger partial charge is 0.508 e. The Morgan fingerprint density at radius 3 is 2.14 bits per heavy atom. The molecule has 0 aliphatic heterocycles. The molecular weight excluding hydrogens is 264 g/mol. The number of hydrogen-bond acceptors (Lipinski definition) is 3. The van der Waals surface area contributed by atoms with Gasteiger partial charge in [0.15, 0.2) is 5.78 Å². The predicted molar refractivity (Wildman–Crippen MR) is 83.8 cm³/mol. The summed E-state index contributed by atoms with van der Waals surface area (Å²) in [5, 5.41) is 19.2. The van der Waals surface area contributed by atoms with E-state index in [9.17, 15) is 15.0 Å². The average molecular weight is 282 g/mol. The summed E-state index contributed by atoms with van der Waals surface area (Å²) in [5.74, 6) is 0.347. The monoisotopic (exact) mass is 282 g/mol. The molecule has 0 aromatic heterocycles. The minimum atomic E-state index is -0.119. The summed E-state index contributed by atoms with van der Waals surface area (Å²) in [6.07, 6.45) is 3.21. The maximum absolute atomic E-state index is 12.2. The first-order chi connectivity index (χ1) is 9.88. The topological polar surface area (TPSA) is 57.5 Å². The third-order valence-corrected chi connectivity index (χ3v) is 3.42. The Balaban J connectivity index is 2.25. The summed E-state index contributed by atoms with van der Waals surface area (Å²) in [4.78, 5) is 12.2. The molecule has 2 N–H and O–H groups in total. The quantitative estimate of drug-likeness (QED) is 0.662. The molecule has 2 aromatic rings. The fraction of sp³-hybridized carbons (Fsp3) is 0.167. The van der Waals surface area contributed by atoms with E-state index in [4.69, 9.17) is 0 Å². The van der Waals surface area contributed by atoms with E-state index >= 15 is 0 Å². The van der Waals surface area contributed by atoms with E-state index in [2.05, 4.69) is 0 Å². The molecular formula is C18H18O3. The number of hydrogen-bond donors (Lipinski definition) is 2. The molecule has 0 atom stereocenters. The van der Waals surface area contributed by atoms with Crippen LogP contribution in [0.4, 0.5) is 0 Å². The zero-order valence-corrected chi connectivity index (χ0v) is 12.3. The third kappa shape index (κ3) is 3.31. The van der Waals surface area contributed by atoms with Gasteiger partial charge in [0, 0.05) is 5.56 Å². The fourth-order valence-corrected chi connectivity index (χ4v) is 2.15. The molecule has 21 heavy (non-hydrogen) atoms. The van der Waals surface area contributed by atoms with Crippen LogP contribution in [0.5, 0.6) is 11.5 Å². The van der Waals surface area contributed by atoms with Crippen molar-refractivity contribution in [1.82, 2.24) is 0 Å². The van der Waals surface area contributed by atoms with Crippen LogP contribution < -0.4 is 0 Å². The third-order valence-electron chi connectivity index (χ3n) is 3.42. The molecule has 0 aliphatic carbocycles. The number of phenols is 2. The number of benzene rings is 2. The van der Waals surface area contributed by atoms with Crippen molar-refractivity contribution in [2.75, 3.05) is 0 Å². The molecule has 0 saturated carbocycles. The number of carbonyl (C=O) groups excluding carboxylic acids is 1. The molecule has 0 radical (unpaired) electrons. The molecule has 0 bridgehead atoms. The lowest BCUT2D eigenvalue weighted by molar-refractivity contribution is 0.104. The molecule has 3 nitrogen and oxygen atoms in total. The number of rotatable bonds is 3. The van der Waals surface area contributed by atoms with E-state index in [0.717, 1.165) is 11.1 Å². The van der Waals surface area contributed by atoms with E-state index in [1.54, 1.807) is 51.1 Å². The minimum absolute atomic E-state index is 0.119. The van der Waals surface area contributed by atoms with Crippen LogP contribution >= 0.6 is 0 Å². The molecule has 2 aromatic carbocycles. The standard InChI is InChI=1S/C18H18O3/c1-11-8-14(4-6-16(11)19)5-7-17(20)15-9-12(2)18(21)13(3)10-15/h4-10,19,21H,1-3H3. The molecule has 0 spiro atoms. The highest BCUT2D eigenvalue weighted by Gasteiger charge is 2.08. The van der Waals surface area contributed by atoms with Gasteiger partial charge in [0.05, 0.1) is 0 Å². The van der Waals surface area contributed by atoms with Crippen molar-refractivity contribution in [2.45, 2.75) is 20.8 Å². The maximum Gasteiger partial charge on any atom is 0.185 e. The smallest absolute Gasteiger partial charge is 0.185 e. The second-order valence-electron chi connectivity index (χ2n) is 5.20. The van der Waals surface area contributed by atoms with Gasteiger partial charge in [-0.25, -0.2) is 0 Å². The van der Waals surface area contributed by atoms with E-state index in [1.165, 1.54) is 6.08 Å². The summed E-state index contributed by atoms with van der Waals surface area (Å²) >= 11 is 0. The number of ketones is 1. The predicted octanol–water partition coefficient (Wildman–Crippen LogP) is 3.92. The van der Waals surface area contributed by atoms with E-state index in [0.29, 0.717) is 16.7 Å². The zero-order valence-electron chi connectivity index (χ0n) is 12.3. The Bertz CT molecular complexity index is 704. The summed E-state index contributed by atoms with van der Waals surface area (Å²) in [6.45, 7) is 5.35. The summed E-state index contributed by atoms with van der Waals surface area (Å²) in [6, 6.07) is 8.52. The van der Waals surface area contributed by atoms with Crippen LogP contribution in [0.1, 0.15) is 32.6 Å². The number of aryl methyl sites for hydroxylation is 3. The average Bonchev–Trinajstić information content (AvgIpc) is 2.45. The lowest BCUT2D eigenvalue weighted by atomic mass is 10.0. The molecule has 0 amide bonds. The number of aromatic hydroxyl groups is 2. The molecule has 0 aliphatic rings. The van der Waals surface area contributed by atoms with Crippen LogP contribution in [0.15, 0.2) is 36.4 Å². The van der Waals surface area contributed by atoms with Gasteiger partial charge < -0.3 is 10.2 Å². The molecule has 0 heterocycles. The highest BCUT2D eigenvalue weighted by molar-refractivity contribution is 6.07. The van der Waals surface area contributed by atoms with Crippen molar-refractivity contribution < 1.29 is 15.0 Å². The highest BCUT2D eigenvalue weighted by atomic mass is 16.3. The Morgan fingerprint density at radius 1 is 0.952 bits per heavy atom. The van der Waals surface area contributed by atoms with Gasteiger partial charge in [-0.1, -0.05) is 12.1 Å². The fourth-order valence-electron chi connectivity index (χ4n) is 2.15. The van der Waals surface area contributed by atoms with Crippen LogP contribution in [0.2, 0.25) is 0 Å². The Kier molecular flexibility index (Phi) is 4.13. The molecule has 108 valence electrons. The first-order valence-electron chi connectivity index (χ1n) is 6.70. The lowest BCUT2D eigenvalue weighted by Crippen LogP contribution is -1.96. The van der Waals surface area contributed by atoms with Crippen LogP contribution in [0, 0.1) is 20.8 Å². The zero-order chi connectivity index (χ0) is 15.6. The van der Waals surface area contributed by atoms with E-state index in [1.807, 2.05) is 6.07 Å². The van der Waals surface area contributed by atoms with Crippen molar-refractivity contribution in [3.05, 3.63) is 64.2 Å². The first-order valence-corrected chi connectivity index (χ1v) is 6.70. The van der Waals surface area contributed by atoms with Crippen molar-refractivity contribution in [3.8, 4) is 11.5 Å². The summed E-state index contributed by atoms with van der Waals surface area (Å²) < 4.78 is 0. The van der Waals surface area contributed by atoms with Gasteiger partial charge in [-0.2, -0.15) is 0 Å². The van der Waals surface area contributed by atoms with Crippen LogP contribution in [-0.4, -0.2) is 16.0 Å². The van der Waals surface area contributed by atoms with Crippen molar-refractivity contribution in [3.63, 3.8) is 0 Å². The number of carbonyl (C=O) groups is 1. The minimum Gasteiger partial charge on any atom is -0.508 e. The molecule has 0 saturated heterocycles. The summed E-state index contributed by atoms with van der Waals surface area (Å²) in [7, 11) is 0. The second-order valence-corrected chi connectivity index (χ2v) is 5.20. The van der Waals surface area contributed by atoms with Crippen molar-refractivity contribution in [2.24, 2.45) is 0 Å². The first kappa shape index (κ1) is 14.9. The van der Waals surface area contributed by atoms with Gasteiger partial charge in [-0.15, -0.1) is 0 Å². The maximum atomic E-state index is 12.2. The molecule has 2 rings (SSSR count). The van der Waals surface area contributed by atoms with Gasteiger partial charge in [-0.3, -0.25) is 4.79 Å². The van der Waals surface area contributed by atoms with Gasteiger partial charge in [0.25, 0.3) is 0 Å². The number of phenolic OH excluding ortho intramolecular Hbond substituents is 2. The molecule has 3 heteroatoms.